The van der Waals surface area contributed by atoms with E-state index in [2.05, 4.69) is 15.9 Å². The highest BCUT2D eigenvalue weighted by Gasteiger charge is 2.12. The summed E-state index contributed by atoms with van der Waals surface area (Å²) in [6.45, 7) is 11.0. The Labute approximate surface area is 117 Å². The molecule has 0 aromatic heterocycles. The van der Waals surface area contributed by atoms with E-state index in [0.29, 0.717) is 10.2 Å². The summed E-state index contributed by atoms with van der Waals surface area (Å²) in [5, 5.41) is 8.52. The van der Waals surface area contributed by atoms with Crippen LogP contribution in [0.4, 0.5) is 4.39 Å². The van der Waals surface area contributed by atoms with Crippen LogP contribution in [-0.4, -0.2) is 16.3 Å². The summed E-state index contributed by atoms with van der Waals surface area (Å²) in [4.78, 5) is 0. The molecule has 0 aliphatic carbocycles. The topological polar surface area (TPSA) is 29.5 Å². The van der Waals surface area contributed by atoms with E-state index in [1.807, 2.05) is 20.8 Å². The lowest BCUT2D eigenvalue weighted by molar-refractivity contribution is 0.102. The van der Waals surface area contributed by atoms with Crippen LogP contribution in [0.2, 0.25) is 0 Å². The largest absolute Gasteiger partial charge is 0.488 e. The van der Waals surface area contributed by atoms with Crippen LogP contribution < -0.4 is 4.74 Å². The molecule has 0 unspecified atom stereocenters. The van der Waals surface area contributed by atoms with E-state index in [4.69, 9.17) is 9.84 Å². The number of benzene rings is 1. The number of aliphatic hydroxyl groups is 1. The molecule has 0 fully saturated rings. The lowest BCUT2D eigenvalue weighted by Crippen LogP contribution is -2.22. The molecule has 0 heterocycles. The van der Waals surface area contributed by atoms with E-state index in [9.17, 15) is 4.39 Å². The second-order valence-corrected chi connectivity index (χ2v) is 6.91. The Bertz CT molecular complexity index is 352. The number of ether oxygens (including phenoxy) is 1. The van der Waals surface area contributed by atoms with Crippen molar-refractivity contribution in [2.24, 2.45) is 0 Å². The average Bonchev–Trinajstić information content (AvgIpc) is 1.92. The second-order valence-electron chi connectivity index (χ2n) is 5.99. The van der Waals surface area contributed by atoms with Crippen LogP contribution in [-0.2, 0) is 0 Å². The molecule has 0 radical (unpaired) electrons. The van der Waals surface area contributed by atoms with Gasteiger partial charge >= 0.3 is 0 Å². The third-order valence-electron chi connectivity index (χ3n) is 1.26. The van der Waals surface area contributed by atoms with Gasteiger partial charge in [-0.15, -0.1) is 0 Å². The SMILES string of the molecule is CC(C)(C)O.CC(C)(C)Oc1cc(F)cc(Br)c1. The number of rotatable bonds is 1. The van der Waals surface area contributed by atoms with Crippen LogP contribution in [0.15, 0.2) is 22.7 Å². The molecule has 18 heavy (non-hydrogen) atoms. The maximum absolute atomic E-state index is 12.9. The van der Waals surface area contributed by atoms with Gasteiger partial charge in [-0.05, 0) is 53.7 Å². The molecule has 1 aromatic rings. The minimum Gasteiger partial charge on any atom is -0.488 e. The highest BCUT2D eigenvalue weighted by atomic mass is 79.9. The summed E-state index contributed by atoms with van der Waals surface area (Å²) in [7, 11) is 0. The quantitative estimate of drug-likeness (QED) is 0.823. The number of hydrogen-bond acceptors (Lipinski definition) is 2. The molecule has 1 aromatic carbocycles. The van der Waals surface area contributed by atoms with Crippen LogP contribution in [0.3, 0.4) is 0 Å². The molecule has 104 valence electrons. The lowest BCUT2D eigenvalue weighted by Gasteiger charge is -2.21. The minimum absolute atomic E-state index is 0.298. The fraction of sp³-hybridized carbons (Fsp3) is 0.571. The van der Waals surface area contributed by atoms with Crippen LogP contribution in [0, 0.1) is 5.82 Å². The Morgan fingerprint density at radius 2 is 1.50 bits per heavy atom. The predicted octanol–water partition coefficient (Wildman–Crippen LogP) is 4.54. The van der Waals surface area contributed by atoms with E-state index in [-0.39, 0.29) is 11.4 Å². The van der Waals surface area contributed by atoms with Crippen molar-refractivity contribution >= 4 is 15.9 Å². The van der Waals surface area contributed by atoms with Crippen molar-refractivity contribution in [1.29, 1.82) is 0 Å². The third kappa shape index (κ3) is 11.9. The molecule has 0 saturated heterocycles. The molecule has 0 aliphatic rings. The van der Waals surface area contributed by atoms with Crippen LogP contribution in [0.25, 0.3) is 0 Å². The Morgan fingerprint density at radius 3 is 1.83 bits per heavy atom. The summed E-state index contributed by atoms with van der Waals surface area (Å²) in [5.41, 5.74) is -0.798. The zero-order valence-electron chi connectivity index (χ0n) is 11.8. The van der Waals surface area contributed by atoms with Gasteiger partial charge in [0.2, 0.25) is 0 Å². The lowest BCUT2D eigenvalue weighted by atomic mass is 10.2. The first-order valence-electron chi connectivity index (χ1n) is 5.74. The molecule has 0 saturated carbocycles. The van der Waals surface area contributed by atoms with Gasteiger partial charge in [-0.25, -0.2) is 4.39 Å². The summed E-state index contributed by atoms with van der Waals surface area (Å²) in [6.07, 6.45) is 0. The molecule has 0 spiro atoms. The van der Waals surface area contributed by atoms with Gasteiger partial charge in [0.05, 0.1) is 5.60 Å². The second kappa shape index (κ2) is 6.53. The first-order valence-corrected chi connectivity index (χ1v) is 6.53. The molecular weight excluding hydrogens is 299 g/mol. The van der Waals surface area contributed by atoms with Crippen LogP contribution >= 0.6 is 15.9 Å². The van der Waals surface area contributed by atoms with Crippen molar-refractivity contribution in [2.45, 2.75) is 52.7 Å². The van der Waals surface area contributed by atoms with E-state index in [1.165, 1.54) is 12.1 Å². The third-order valence-corrected chi connectivity index (χ3v) is 1.72. The van der Waals surface area contributed by atoms with Crippen molar-refractivity contribution in [2.75, 3.05) is 0 Å². The van der Waals surface area contributed by atoms with Crippen molar-refractivity contribution < 1.29 is 14.2 Å². The standard InChI is InChI=1S/C10H12BrFO.C4H10O/c1-10(2,3)13-9-5-7(11)4-8(12)6-9;1-4(2,3)5/h4-6H,1-3H3;5H,1-3H3. The molecule has 0 atom stereocenters. The Balaban J connectivity index is 0.000000494. The van der Waals surface area contributed by atoms with Crippen molar-refractivity contribution in [3.63, 3.8) is 0 Å². The van der Waals surface area contributed by atoms with Gasteiger partial charge in [-0.1, -0.05) is 15.9 Å². The normalized spacial score (nSPS) is 11.6. The van der Waals surface area contributed by atoms with E-state index >= 15 is 0 Å². The monoisotopic (exact) mass is 320 g/mol. The minimum atomic E-state index is -0.500. The van der Waals surface area contributed by atoms with Gasteiger partial charge in [0, 0.05) is 10.5 Å². The molecule has 4 heteroatoms. The maximum Gasteiger partial charge on any atom is 0.128 e. The average molecular weight is 321 g/mol. The van der Waals surface area contributed by atoms with Crippen molar-refractivity contribution in [3.8, 4) is 5.75 Å². The molecule has 0 amide bonds. The van der Waals surface area contributed by atoms with Crippen LogP contribution in [0.5, 0.6) is 5.75 Å². The first kappa shape index (κ1) is 17.4. The fourth-order valence-corrected chi connectivity index (χ4v) is 1.39. The molecule has 1 N–H and O–H groups in total. The van der Waals surface area contributed by atoms with E-state index in [1.54, 1.807) is 26.8 Å². The zero-order valence-corrected chi connectivity index (χ0v) is 13.4. The van der Waals surface area contributed by atoms with Gasteiger partial charge in [-0.2, -0.15) is 0 Å². The Kier molecular flexibility index (Phi) is 6.30. The zero-order chi connectivity index (χ0) is 14.6. The highest BCUT2D eigenvalue weighted by molar-refractivity contribution is 9.10. The fourth-order valence-electron chi connectivity index (χ4n) is 0.941. The number of hydrogen-bond donors (Lipinski definition) is 1. The summed E-state index contributed by atoms with van der Waals surface area (Å²) >= 11 is 3.20. The van der Waals surface area contributed by atoms with Crippen molar-refractivity contribution in [1.82, 2.24) is 0 Å². The smallest absolute Gasteiger partial charge is 0.128 e. The molecule has 0 aliphatic heterocycles. The molecule has 0 bridgehead atoms. The Hall–Kier alpha value is -0.610. The summed E-state index contributed by atoms with van der Waals surface area (Å²) in [6, 6.07) is 4.51. The first-order chi connectivity index (χ1) is 7.87. The van der Waals surface area contributed by atoms with Gasteiger partial charge in [-0.3, -0.25) is 0 Å². The van der Waals surface area contributed by atoms with E-state index in [0.717, 1.165) is 0 Å². The molecule has 2 nitrogen and oxygen atoms in total. The number of halogens is 2. The maximum atomic E-state index is 12.9. The summed E-state index contributed by atoms with van der Waals surface area (Å²) < 4.78 is 19.1. The highest BCUT2D eigenvalue weighted by Crippen LogP contribution is 2.23. The molecular formula is C14H22BrFO2. The van der Waals surface area contributed by atoms with Gasteiger partial charge < -0.3 is 9.84 Å². The van der Waals surface area contributed by atoms with Gasteiger partial charge in [0.25, 0.3) is 0 Å². The van der Waals surface area contributed by atoms with Crippen molar-refractivity contribution in [3.05, 3.63) is 28.5 Å². The van der Waals surface area contributed by atoms with Crippen LogP contribution in [0.1, 0.15) is 41.5 Å². The van der Waals surface area contributed by atoms with Gasteiger partial charge in [0.15, 0.2) is 0 Å². The van der Waals surface area contributed by atoms with Gasteiger partial charge in [0.1, 0.15) is 17.2 Å². The summed E-state index contributed by atoms with van der Waals surface area (Å²) in [5.74, 6) is 0.244. The van der Waals surface area contributed by atoms with E-state index < -0.39 is 5.60 Å². The predicted molar refractivity (Wildman–Crippen MR) is 76.5 cm³/mol. The molecule has 1 rings (SSSR count). The Morgan fingerprint density at radius 1 is 1.06 bits per heavy atom.